The average molecular weight is 299 g/mol. The average Bonchev–Trinajstić information content (AvgIpc) is 3.09. The summed E-state index contributed by atoms with van der Waals surface area (Å²) < 4.78 is 5.16. The molecule has 114 valence electrons. The molecule has 1 N–H and O–H groups in total. The normalized spacial score (nSPS) is 18.0. The van der Waals surface area contributed by atoms with E-state index in [1.807, 2.05) is 0 Å². The minimum Gasteiger partial charge on any atom is -0.459 e. The van der Waals surface area contributed by atoms with Crippen LogP contribution in [0.15, 0.2) is 47.3 Å². The number of aromatic nitrogens is 1. The number of pyridine rings is 1. The maximum Gasteiger partial charge on any atom is 0.290 e. The number of nitrogens with one attached hydrogen (secondary N) is 1. The summed E-state index contributed by atoms with van der Waals surface area (Å²) in [5.41, 5.74) is 0.628. The van der Waals surface area contributed by atoms with Crippen molar-refractivity contribution in [3.8, 4) is 0 Å². The minimum atomic E-state index is -0.480. The Kier molecular flexibility index (Phi) is 4.18. The van der Waals surface area contributed by atoms with E-state index in [-0.39, 0.29) is 17.6 Å². The fourth-order valence-electron chi connectivity index (χ4n) is 2.65. The summed E-state index contributed by atoms with van der Waals surface area (Å²) in [5.74, 6) is -0.162. The first kappa shape index (κ1) is 14.3. The Morgan fingerprint density at radius 2 is 2.18 bits per heavy atom. The molecule has 3 rings (SSSR count). The molecule has 3 heterocycles. The van der Waals surface area contributed by atoms with Crippen LogP contribution in [0.1, 0.15) is 29.8 Å². The van der Waals surface area contributed by atoms with Gasteiger partial charge in [0.05, 0.1) is 18.1 Å². The van der Waals surface area contributed by atoms with Gasteiger partial charge in [-0.05, 0) is 43.5 Å². The standard InChI is InChI=1S/C16H17N3O3/c20-15(18-12-5-3-8-17-11-12)13-6-1-2-9-19(13)16(21)14-7-4-10-22-14/h3-5,7-8,10-11,13H,1-2,6,9H2,(H,18,20). The maximum atomic E-state index is 12.5. The van der Waals surface area contributed by atoms with Gasteiger partial charge in [-0.25, -0.2) is 0 Å². The molecule has 2 aromatic rings. The summed E-state index contributed by atoms with van der Waals surface area (Å²) in [7, 11) is 0. The van der Waals surface area contributed by atoms with E-state index in [1.165, 1.54) is 6.26 Å². The van der Waals surface area contributed by atoms with E-state index in [0.29, 0.717) is 18.7 Å². The third-order valence-electron chi connectivity index (χ3n) is 3.73. The summed E-state index contributed by atoms with van der Waals surface area (Å²) in [4.78, 5) is 30.5. The Morgan fingerprint density at radius 3 is 2.91 bits per heavy atom. The number of hydrogen-bond acceptors (Lipinski definition) is 4. The van der Waals surface area contributed by atoms with Crippen molar-refractivity contribution in [2.45, 2.75) is 25.3 Å². The number of rotatable bonds is 3. The van der Waals surface area contributed by atoms with Gasteiger partial charge in [-0.3, -0.25) is 14.6 Å². The molecule has 0 aromatic carbocycles. The molecule has 0 spiro atoms. The van der Waals surface area contributed by atoms with E-state index in [2.05, 4.69) is 10.3 Å². The highest BCUT2D eigenvalue weighted by atomic mass is 16.3. The van der Waals surface area contributed by atoms with E-state index < -0.39 is 6.04 Å². The lowest BCUT2D eigenvalue weighted by atomic mass is 10.0. The molecule has 22 heavy (non-hydrogen) atoms. The number of anilines is 1. The molecule has 2 amide bonds. The molecule has 0 aliphatic carbocycles. The Bertz CT molecular complexity index is 640. The third kappa shape index (κ3) is 3.00. The highest BCUT2D eigenvalue weighted by Gasteiger charge is 2.33. The molecule has 0 bridgehead atoms. The fraction of sp³-hybridized carbons (Fsp3) is 0.312. The number of carbonyl (C=O) groups excluding carboxylic acids is 2. The van der Waals surface area contributed by atoms with Crippen LogP contribution in [0.3, 0.4) is 0 Å². The van der Waals surface area contributed by atoms with Crippen LogP contribution in [0.5, 0.6) is 0 Å². The Labute approximate surface area is 128 Å². The van der Waals surface area contributed by atoms with Gasteiger partial charge in [-0.1, -0.05) is 0 Å². The zero-order valence-corrected chi connectivity index (χ0v) is 12.1. The van der Waals surface area contributed by atoms with E-state index in [4.69, 9.17) is 4.42 Å². The predicted molar refractivity (Wildman–Crippen MR) is 80.3 cm³/mol. The first-order chi connectivity index (χ1) is 10.8. The maximum absolute atomic E-state index is 12.5. The Morgan fingerprint density at radius 1 is 1.27 bits per heavy atom. The van der Waals surface area contributed by atoms with Gasteiger partial charge < -0.3 is 14.6 Å². The van der Waals surface area contributed by atoms with Gasteiger partial charge in [0.25, 0.3) is 5.91 Å². The number of hydrogen-bond donors (Lipinski definition) is 1. The number of nitrogens with zero attached hydrogens (tertiary/aromatic N) is 2. The molecule has 1 atom stereocenters. The predicted octanol–water partition coefficient (Wildman–Crippen LogP) is 2.31. The molecule has 1 fully saturated rings. The van der Waals surface area contributed by atoms with Crippen LogP contribution in [0.4, 0.5) is 5.69 Å². The second-order valence-electron chi connectivity index (χ2n) is 5.22. The van der Waals surface area contributed by atoms with Gasteiger partial charge in [0, 0.05) is 12.7 Å². The molecule has 1 unspecified atom stereocenters. The van der Waals surface area contributed by atoms with Gasteiger partial charge in [-0.15, -0.1) is 0 Å². The van der Waals surface area contributed by atoms with Crippen LogP contribution < -0.4 is 5.32 Å². The minimum absolute atomic E-state index is 0.187. The number of carbonyl (C=O) groups is 2. The summed E-state index contributed by atoms with van der Waals surface area (Å²) in [5, 5.41) is 2.82. The highest BCUT2D eigenvalue weighted by Crippen LogP contribution is 2.21. The number of likely N-dealkylation sites (tertiary alicyclic amines) is 1. The van der Waals surface area contributed by atoms with Crippen molar-refractivity contribution in [3.63, 3.8) is 0 Å². The second-order valence-corrected chi connectivity index (χ2v) is 5.22. The monoisotopic (exact) mass is 299 g/mol. The topological polar surface area (TPSA) is 75.4 Å². The van der Waals surface area contributed by atoms with Gasteiger partial charge in [0.15, 0.2) is 5.76 Å². The van der Waals surface area contributed by atoms with Gasteiger partial charge >= 0.3 is 0 Å². The first-order valence-electron chi connectivity index (χ1n) is 7.31. The van der Waals surface area contributed by atoms with Crippen LogP contribution in [0.25, 0.3) is 0 Å². The SMILES string of the molecule is O=C(Nc1cccnc1)C1CCCCN1C(=O)c1ccco1. The molecule has 1 aliphatic heterocycles. The molecular weight excluding hydrogens is 282 g/mol. The van der Waals surface area contributed by atoms with Gasteiger partial charge in [0.1, 0.15) is 6.04 Å². The van der Waals surface area contributed by atoms with Crippen molar-refractivity contribution in [3.05, 3.63) is 48.7 Å². The van der Waals surface area contributed by atoms with Crippen molar-refractivity contribution < 1.29 is 14.0 Å². The van der Waals surface area contributed by atoms with E-state index in [1.54, 1.807) is 41.6 Å². The number of furan rings is 1. The molecule has 0 radical (unpaired) electrons. The summed E-state index contributed by atoms with van der Waals surface area (Å²) in [6.45, 7) is 0.560. The lowest BCUT2D eigenvalue weighted by Gasteiger charge is -2.34. The lowest BCUT2D eigenvalue weighted by Crippen LogP contribution is -2.49. The highest BCUT2D eigenvalue weighted by molar-refractivity contribution is 6.00. The number of amides is 2. The van der Waals surface area contributed by atoms with E-state index in [0.717, 1.165) is 12.8 Å². The first-order valence-corrected chi connectivity index (χ1v) is 7.31. The van der Waals surface area contributed by atoms with Gasteiger partial charge in [0.2, 0.25) is 5.91 Å². The summed E-state index contributed by atoms with van der Waals surface area (Å²) >= 11 is 0. The molecule has 2 aromatic heterocycles. The zero-order chi connectivity index (χ0) is 15.4. The Balaban J connectivity index is 1.75. The van der Waals surface area contributed by atoms with Crippen molar-refractivity contribution in [1.82, 2.24) is 9.88 Å². The fourth-order valence-corrected chi connectivity index (χ4v) is 2.65. The van der Waals surface area contributed by atoms with Crippen LogP contribution >= 0.6 is 0 Å². The summed E-state index contributed by atoms with van der Waals surface area (Å²) in [6, 6.07) is 6.33. The summed E-state index contributed by atoms with van der Waals surface area (Å²) in [6.07, 6.45) is 7.15. The molecule has 6 nitrogen and oxygen atoms in total. The van der Waals surface area contributed by atoms with Crippen LogP contribution in [-0.2, 0) is 4.79 Å². The van der Waals surface area contributed by atoms with Crippen molar-refractivity contribution in [2.75, 3.05) is 11.9 Å². The third-order valence-corrected chi connectivity index (χ3v) is 3.73. The smallest absolute Gasteiger partial charge is 0.290 e. The van der Waals surface area contributed by atoms with Crippen molar-refractivity contribution >= 4 is 17.5 Å². The lowest BCUT2D eigenvalue weighted by molar-refractivity contribution is -0.121. The molecule has 6 heteroatoms. The zero-order valence-electron chi connectivity index (χ0n) is 12.1. The van der Waals surface area contributed by atoms with E-state index >= 15 is 0 Å². The van der Waals surface area contributed by atoms with E-state index in [9.17, 15) is 9.59 Å². The largest absolute Gasteiger partial charge is 0.459 e. The van der Waals surface area contributed by atoms with Crippen LogP contribution in [0, 0.1) is 0 Å². The quantitative estimate of drug-likeness (QED) is 0.943. The molecule has 0 saturated carbocycles. The Hall–Kier alpha value is -2.63. The van der Waals surface area contributed by atoms with Crippen LogP contribution in [-0.4, -0.2) is 34.3 Å². The van der Waals surface area contributed by atoms with Crippen molar-refractivity contribution in [1.29, 1.82) is 0 Å². The molecule has 1 aliphatic rings. The number of piperidine rings is 1. The van der Waals surface area contributed by atoms with Crippen LogP contribution in [0.2, 0.25) is 0 Å². The van der Waals surface area contributed by atoms with Gasteiger partial charge in [-0.2, -0.15) is 0 Å². The second kappa shape index (κ2) is 6.43. The molecular formula is C16H17N3O3. The van der Waals surface area contributed by atoms with Crippen molar-refractivity contribution in [2.24, 2.45) is 0 Å². The molecule has 1 saturated heterocycles.